The number of primary amides is 1. The fourth-order valence-corrected chi connectivity index (χ4v) is 1.76. The Kier molecular flexibility index (Phi) is 3.89. The van der Waals surface area contributed by atoms with Crippen LogP contribution in [0.25, 0.3) is 0 Å². The van der Waals surface area contributed by atoms with Crippen molar-refractivity contribution in [3.63, 3.8) is 0 Å². The summed E-state index contributed by atoms with van der Waals surface area (Å²) in [7, 11) is 0. The molecule has 0 bridgehead atoms. The standard InChI is InChI=1S/C9H16N2O2/c10-9(13)7-8-1-3-11(4-2-8)5-6-12/h6,8H,1-5,7H2,(H2,10,13). The average molecular weight is 184 g/mol. The predicted molar refractivity (Wildman–Crippen MR) is 49.0 cm³/mol. The number of hydrogen-bond acceptors (Lipinski definition) is 3. The Bertz CT molecular complexity index is 186. The Labute approximate surface area is 78.1 Å². The van der Waals surface area contributed by atoms with Crippen molar-refractivity contribution in [1.82, 2.24) is 4.90 Å². The van der Waals surface area contributed by atoms with Crippen molar-refractivity contribution in [2.45, 2.75) is 19.3 Å². The molecule has 1 fully saturated rings. The first-order chi connectivity index (χ1) is 6.22. The third-order valence-corrected chi connectivity index (χ3v) is 2.53. The lowest BCUT2D eigenvalue weighted by atomic mass is 9.93. The SMILES string of the molecule is NC(=O)CC1CCN(CC=O)CC1. The number of carbonyl (C=O) groups is 2. The zero-order valence-electron chi connectivity index (χ0n) is 7.74. The summed E-state index contributed by atoms with van der Waals surface area (Å²) in [5.41, 5.74) is 5.11. The van der Waals surface area contributed by atoms with Crippen molar-refractivity contribution in [3.8, 4) is 0 Å². The molecule has 0 radical (unpaired) electrons. The van der Waals surface area contributed by atoms with Gasteiger partial charge in [0.05, 0.1) is 6.54 Å². The van der Waals surface area contributed by atoms with Crippen molar-refractivity contribution in [2.24, 2.45) is 11.7 Å². The quantitative estimate of drug-likeness (QED) is 0.614. The molecule has 0 aromatic rings. The minimum atomic E-state index is -0.214. The fraction of sp³-hybridized carbons (Fsp3) is 0.778. The molecule has 0 aromatic heterocycles. The first-order valence-corrected chi connectivity index (χ1v) is 4.66. The van der Waals surface area contributed by atoms with Gasteiger partial charge in [0, 0.05) is 6.42 Å². The van der Waals surface area contributed by atoms with Crippen molar-refractivity contribution < 1.29 is 9.59 Å². The molecule has 1 aliphatic heterocycles. The number of nitrogens with zero attached hydrogens (tertiary/aromatic N) is 1. The van der Waals surface area contributed by atoms with Crippen LogP contribution < -0.4 is 5.73 Å². The van der Waals surface area contributed by atoms with Crippen LogP contribution in [0, 0.1) is 5.92 Å². The largest absolute Gasteiger partial charge is 0.370 e. The smallest absolute Gasteiger partial charge is 0.217 e. The number of likely N-dealkylation sites (tertiary alicyclic amines) is 1. The maximum absolute atomic E-state index is 10.6. The molecular formula is C9H16N2O2. The average Bonchev–Trinajstić information content (AvgIpc) is 2.08. The molecule has 0 atom stereocenters. The number of hydrogen-bond donors (Lipinski definition) is 1. The molecule has 74 valence electrons. The highest BCUT2D eigenvalue weighted by Gasteiger charge is 2.19. The van der Waals surface area contributed by atoms with Gasteiger partial charge in [-0.1, -0.05) is 0 Å². The zero-order valence-corrected chi connectivity index (χ0v) is 7.74. The second-order valence-corrected chi connectivity index (χ2v) is 3.58. The van der Waals surface area contributed by atoms with Crippen LogP contribution in [0.5, 0.6) is 0 Å². The third-order valence-electron chi connectivity index (χ3n) is 2.53. The Morgan fingerprint density at radius 2 is 2.08 bits per heavy atom. The van der Waals surface area contributed by atoms with Gasteiger partial charge < -0.3 is 10.5 Å². The van der Waals surface area contributed by atoms with Crippen LogP contribution in [0.3, 0.4) is 0 Å². The summed E-state index contributed by atoms with van der Waals surface area (Å²) in [6.45, 7) is 2.34. The van der Waals surface area contributed by atoms with E-state index in [1.165, 1.54) is 0 Å². The molecule has 0 aromatic carbocycles. The lowest BCUT2D eigenvalue weighted by molar-refractivity contribution is -0.119. The van der Waals surface area contributed by atoms with Crippen molar-refractivity contribution in [2.75, 3.05) is 19.6 Å². The molecule has 1 saturated heterocycles. The van der Waals surface area contributed by atoms with Crippen molar-refractivity contribution in [3.05, 3.63) is 0 Å². The van der Waals surface area contributed by atoms with Crippen molar-refractivity contribution in [1.29, 1.82) is 0 Å². The molecule has 1 rings (SSSR count). The normalized spacial score (nSPS) is 20.0. The van der Waals surface area contributed by atoms with Crippen LogP contribution in [0.4, 0.5) is 0 Å². The minimum absolute atomic E-state index is 0.214. The van der Waals surface area contributed by atoms with Crippen LogP contribution >= 0.6 is 0 Å². The molecule has 1 heterocycles. The number of nitrogens with two attached hydrogens (primary N) is 1. The Balaban J connectivity index is 2.22. The highest BCUT2D eigenvalue weighted by Crippen LogP contribution is 2.19. The van der Waals surface area contributed by atoms with E-state index >= 15 is 0 Å². The molecule has 13 heavy (non-hydrogen) atoms. The molecule has 2 N–H and O–H groups in total. The monoisotopic (exact) mass is 184 g/mol. The van der Waals surface area contributed by atoms with Gasteiger partial charge in [0.1, 0.15) is 6.29 Å². The van der Waals surface area contributed by atoms with Gasteiger partial charge >= 0.3 is 0 Å². The number of rotatable bonds is 4. The summed E-state index contributed by atoms with van der Waals surface area (Å²) >= 11 is 0. The lowest BCUT2D eigenvalue weighted by Crippen LogP contribution is -2.36. The number of carbonyl (C=O) groups excluding carboxylic acids is 2. The maximum atomic E-state index is 10.6. The van der Waals surface area contributed by atoms with E-state index in [0.29, 0.717) is 18.9 Å². The third kappa shape index (κ3) is 3.55. The summed E-state index contributed by atoms with van der Waals surface area (Å²) in [6.07, 6.45) is 3.39. The van der Waals surface area contributed by atoms with Gasteiger partial charge in [0.2, 0.25) is 5.91 Å². The molecular weight excluding hydrogens is 168 g/mol. The van der Waals surface area contributed by atoms with E-state index in [4.69, 9.17) is 5.73 Å². The van der Waals surface area contributed by atoms with Crippen LogP contribution in [-0.4, -0.2) is 36.7 Å². The maximum Gasteiger partial charge on any atom is 0.217 e. The molecule has 4 heteroatoms. The van der Waals surface area contributed by atoms with E-state index in [0.717, 1.165) is 32.2 Å². The summed E-state index contributed by atoms with van der Waals surface area (Å²) in [5.74, 6) is 0.217. The van der Waals surface area contributed by atoms with Crippen LogP contribution in [0.1, 0.15) is 19.3 Å². The van der Waals surface area contributed by atoms with E-state index in [9.17, 15) is 9.59 Å². The van der Waals surface area contributed by atoms with Crippen LogP contribution in [-0.2, 0) is 9.59 Å². The first-order valence-electron chi connectivity index (χ1n) is 4.66. The van der Waals surface area contributed by atoms with E-state index in [2.05, 4.69) is 4.90 Å². The molecule has 1 aliphatic rings. The van der Waals surface area contributed by atoms with E-state index in [1.54, 1.807) is 0 Å². The fourth-order valence-electron chi connectivity index (χ4n) is 1.76. The molecule has 1 amide bonds. The Hall–Kier alpha value is -0.900. The van der Waals surface area contributed by atoms with Gasteiger partial charge in [-0.3, -0.25) is 9.69 Å². The highest BCUT2D eigenvalue weighted by molar-refractivity contribution is 5.73. The molecule has 0 aliphatic carbocycles. The van der Waals surface area contributed by atoms with E-state index in [1.807, 2.05) is 0 Å². The van der Waals surface area contributed by atoms with Gasteiger partial charge in [0.15, 0.2) is 0 Å². The highest BCUT2D eigenvalue weighted by atomic mass is 16.1. The first kappa shape index (κ1) is 10.2. The molecule has 0 spiro atoms. The second-order valence-electron chi connectivity index (χ2n) is 3.58. The molecule has 0 saturated carbocycles. The summed E-state index contributed by atoms with van der Waals surface area (Å²) in [4.78, 5) is 22.9. The predicted octanol–water partition coefficient (Wildman–Crippen LogP) is -0.227. The zero-order chi connectivity index (χ0) is 9.68. The van der Waals surface area contributed by atoms with Gasteiger partial charge in [0.25, 0.3) is 0 Å². The number of aldehydes is 1. The summed E-state index contributed by atoms with van der Waals surface area (Å²) in [5, 5.41) is 0. The topological polar surface area (TPSA) is 63.4 Å². The number of amides is 1. The van der Waals surface area contributed by atoms with Gasteiger partial charge in [-0.2, -0.15) is 0 Å². The molecule has 4 nitrogen and oxygen atoms in total. The minimum Gasteiger partial charge on any atom is -0.370 e. The van der Waals surface area contributed by atoms with Crippen LogP contribution in [0.2, 0.25) is 0 Å². The number of piperidine rings is 1. The summed E-state index contributed by atoms with van der Waals surface area (Å²) < 4.78 is 0. The lowest BCUT2D eigenvalue weighted by Gasteiger charge is -2.29. The van der Waals surface area contributed by atoms with Gasteiger partial charge in [-0.05, 0) is 31.8 Å². The van der Waals surface area contributed by atoms with E-state index in [-0.39, 0.29) is 5.91 Å². The Morgan fingerprint density at radius 1 is 1.46 bits per heavy atom. The second kappa shape index (κ2) is 4.97. The Morgan fingerprint density at radius 3 is 2.54 bits per heavy atom. The van der Waals surface area contributed by atoms with Crippen molar-refractivity contribution >= 4 is 12.2 Å². The summed E-state index contributed by atoms with van der Waals surface area (Å²) in [6, 6.07) is 0. The van der Waals surface area contributed by atoms with E-state index < -0.39 is 0 Å². The van der Waals surface area contributed by atoms with Gasteiger partial charge in [-0.15, -0.1) is 0 Å². The van der Waals surface area contributed by atoms with Gasteiger partial charge in [-0.25, -0.2) is 0 Å². The molecule has 0 unspecified atom stereocenters. The van der Waals surface area contributed by atoms with Crippen LogP contribution in [0.15, 0.2) is 0 Å².